The highest BCUT2D eigenvalue weighted by atomic mass is 32.1. The first-order valence-electron chi connectivity index (χ1n) is 4.78. The minimum atomic E-state index is 0.178. The zero-order chi connectivity index (χ0) is 10.7. The van der Waals surface area contributed by atoms with E-state index < -0.39 is 0 Å². The summed E-state index contributed by atoms with van der Waals surface area (Å²) in [5.41, 5.74) is 0.890. The van der Waals surface area contributed by atoms with Crippen molar-refractivity contribution in [3.05, 3.63) is 29.9 Å². The van der Waals surface area contributed by atoms with Crippen LogP contribution < -0.4 is 4.74 Å². The number of ether oxygens (including phenoxy) is 1. The van der Waals surface area contributed by atoms with E-state index in [9.17, 15) is 0 Å². The smallest absolute Gasteiger partial charge is 0.141 e. The van der Waals surface area contributed by atoms with Gasteiger partial charge in [0.25, 0.3) is 0 Å². The molecule has 0 fully saturated rings. The van der Waals surface area contributed by atoms with Crippen LogP contribution in [0.3, 0.4) is 0 Å². The summed E-state index contributed by atoms with van der Waals surface area (Å²) >= 11 is 1.58. The van der Waals surface area contributed by atoms with Crippen LogP contribution in [0.25, 0.3) is 10.7 Å². The Bertz CT molecular complexity index is 409. The quantitative estimate of drug-likeness (QED) is 0.797. The Morgan fingerprint density at radius 3 is 2.67 bits per heavy atom. The topological polar surface area (TPSA) is 35.0 Å². The second-order valence-electron chi connectivity index (χ2n) is 3.38. The largest absolute Gasteiger partial charge is 0.489 e. The highest BCUT2D eigenvalue weighted by Gasteiger charge is 2.03. The molecule has 0 radical (unpaired) electrons. The van der Waals surface area contributed by atoms with Crippen molar-refractivity contribution >= 4 is 11.3 Å². The van der Waals surface area contributed by atoms with Gasteiger partial charge in [-0.3, -0.25) is 0 Å². The maximum absolute atomic E-state index is 5.51. The highest BCUT2D eigenvalue weighted by molar-refractivity contribution is 7.13. The lowest BCUT2D eigenvalue weighted by Gasteiger charge is -2.08. The van der Waals surface area contributed by atoms with Crippen molar-refractivity contribution in [1.29, 1.82) is 0 Å². The lowest BCUT2D eigenvalue weighted by molar-refractivity contribution is 0.241. The number of thiazole rings is 1. The van der Waals surface area contributed by atoms with Crippen molar-refractivity contribution in [2.24, 2.45) is 0 Å². The Balaban J connectivity index is 2.17. The molecule has 0 aliphatic heterocycles. The van der Waals surface area contributed by atoms with Gasteiger partial charge in [0.1, 0.15) is 10.8 Å². The van der Waals surface area contributed by atoms with Crippen LogP contribution in [0.1, 0.15) is 13.8 Å². The van der Waals surface area contributed by atoms with E-state index in [0.29, 0.717) is 0 Å². The molecule has 0 aliphatic carbocycles. The third-order valence-electron chi connectivity index (χ3n) is 1.76. The SMILES string of the molecule is CC(C)Oc1ccc(-c2nccs2)nc1. The first-order chi connectivity index (χ1) is 7.25. The minimum Gasteiger partial charge on any atom is -0.489 e. The van der Waals surface area contributed by atoms with Crippen LogP contribution in [-0.2, 0) is 0 Å². The Morgan fingerprint density at radius 2 is 2.13 bits per heavy atom. The van der Waals surface area contributed by atoms with Gasteiger partial charge in [-0.25, -0.2) is 9.97 Å². The van der Waals surface area contributed by atoms with E-state index in [1.807, 2.05) is 31.4 Å². The number of pyridine rings is 1. The van der Waals surface area contributed by atoms with Crippen LogP contribution in [0.2, 0.25) is 0 Å². The molecule has 0 amide bonds. The van der Waals surface area contributed by atoms with Gasteiger partial charge >= 0.3 is 0 Å². The van der Waals surface area contributed by atoms with Crippen molar-refractivity contribution in [1.82, 2.24) is 9.97 Å². The lowest BCUT2D eigenvalue weighted by Crippen LogP contribution is -2.05. The predicted molar refractivity (Wildman–Crippen MR) is 61.1 cm³/mol. The van der Waals surface area contributed by atoms with Gasteiger partial charge in [-0.05, 0) is 26.0 Å². The van der Waals surface area contributed by atoms with E-state index in [4.69, 9.17) is 4.74 Å². The molecule has 2 aromatic rings. The molecule has 0 atom stereocenters. The number of hydrogen-bond donors (Lipinski definition) is 0. The second kappa shape index (κ2) is 4.40. The molecular formula is C11H12N2OS. The molecule has 0 N–H and O–H groups in total. The van der Waals surface area contributed by atoms with Gasteiger partial charge in [0.2, 0.25) is 0 Å². The fourth-order valence-corrected chi connectivity index (χ4v) is 1.81. The molecule has 0 unspecified atom stereocenters. The number of hydrogen-bond acceptors (Lipinski definition) is 4. The van der Waals surface area contributed by atoms with Gasteiger partial charge in [0.15, 0.2) is 0 Å². The van der Waals surface area contributed by atoms with Crippen LogP contribution in [-0.4, -0.2) is 16.1 Å². The van der Waals surface area contributed by atoms with Crippen molar-refractivity contribution in [2.75, 3.05) is 0 Å². The van der Waals surface area contributed by atoms with Gasteiger partial charge in [-0.1, -0.05) is 0 Å². The predicted octanol–water partition coefficient (Wildman–Crippen LogP) is 2.99. The molecule has 78 valence electrons. The highest BCUT2D eigenvalue weighted by Crippen LogP contribution is 2.21. The molecule has 2 rings (SSSR count). The fourth-order valence-electron chi connectivity index (χ4n) is 1.20. The summed E-state index contributed by atoms with van der Waals surface area (Å²) in [5, 5.41) is 2.88. The van der Waals surface area contributed by atoms with E-state index in [-0.39, 0.29) is 6.10 Å². The molecule has 0 bridgehead atoms. The van der Waals surface area contributed by atoms with Gasteiger partial charge in [0, 0.05) is 11.6 Å². The molecule has 0 saturated heterocycles. The Kier molecular flexibility index (Phi) is 2.97. The van der Waals surface area contributed by atoms with Crippen LogP contribution in [0.4, 0.5) is 0 Å². The third-order valence-corrected chi connectivity index (χ3v) is 2.56. The molecule has 0 aromatic carbocycles. The van der Waals surface area contributed by atoms with Crippen molar-refractivity contribution in [2.45, 2.75) is 20.0 Å². The summed E-state index contributed by atoms with van der Waals surface area (Å²) in [5.74, 6) is 0.797. The van der Waals surface area contributed by atoms with Gasteiger partial charge < -0.3 is 4.74 Å². The van der Waals surface area contributed by atoms with Crippen LogP contribution >= 0.6 is 11.3 Å². The molecule has 0 saturated carbocycles. The average molecular weight is 220 g/mol. The first kappa shape index (κ1) is 10.1. The van der Waals surface area contributed by atoms with Gasteiger partial charge in [0.05, 0.1) is 18.0 Å². The van der Waals surface area contributed by atoms with Crippen LogP contribution in [0.5, 0.6) is 5.75 Å². The normalized spacial score (nSPS) is 10.6. The molecule has 2 heterocycles. The second-order valence-corrected chi connectivity index (χ2v) is 4.28. The monoisotopic (exact) mass is 220 g/mol. The number of rotatable bonds is 3. The summed E-state index contributed by atoms with van der Waals surface area (Å²) in [4.78, 5) is 8.49. The van der Waals surface area contributed by atoms with E-state index in [2.05, 4.69) is 9.97 Å². The molecule has 2 aromatic heterocycles. The minimum absolute atomic E-state index is 0.178. The van der Waals surface area contributed by atoms with Crippen LogP contribution in [0.15, 0.2) is 29.9 Å². The molecule has 0 aliphatic rings. The zero-order valence-corrected chi connectivity index (χ0v) is 9.49. The maximum Gasteiger partial charge on any atom is 0.141 e. The third kappa shape index (κ3) is 2.53. The van der Waals surface area contributed by atoms with Crippen molar-refractivity contribution in [3.63, 3.8) is 0 Å². The number of nitrogens with zero attached hydrogens (tertiary/aromatic N) is 2. The summed E-state index contributed by atoms with van der Waals surface area (Å²) in [6.45, 7) is 3.99. The Hall–Kier alpha value is -1.42. The summed E-state index contributed by atoms with van der Waals surface area (Å²) in [6, 6.07) is 3.85. The van der Waals surface area contributed by atoms with E-state index >= 15 is 0 Å². The fraction of sp³-hybridized carbons (Fsp3) is 0.273. The first-order valence-corrected chi connectivity index (χ1v) is 5.66. The Morgan fingerprint density at radius 1 is 1.27 bits per heavy atom. The summed E-state index contributed by atoms with van der Waals surface area (Å²) in [6.07, 6.45) is 3.69. The average Bonchev–Trinajstić information content (AvgIpc) is 2.71. The maximum atomic E-state index is 5.51. The van der Waals surface area contributed by atoms with E-state index in [1.165, 1.54) is 0 Å². The van der Waals surface area contributed by atoms with Crippen LogP contribution in [0, 0.1) is 0 Å². The van der Waals surface area contributed by atoms with Crippen molar-refractivity contribution < 1.29 is 4.74 Å². The Labute approximate surface area is 92.8 Å². The summed E-state index contributed by atoms with van der Waals surface area (Å²) < 4.78 is 5.51. The van der Waals surface area contributed by atoms with Gasteiger partial charge in [-0.2, -0.15) is 0 Å². The summed E-state index contributed by atoms with van der Waals surface area (Å²) in [7, 11) is 0. The van der Waals surface area contributed by atoms with Gasteiger partial charge in [-0.15, -0.1) is 11.3 Å². The molecular weight excluding hydrogens is 208 g/mol. The molecule has 0 spiro atoms. The van der Waals surface area contributed by atoms with Crippen molar-refractivity contribution in [3.8, 4) is 16.5 Å². The number of aromatic nitrogens is 2. The zero-order valence-electron chi connectivity index (χ0n) is 8.68. The molecule has 15 heavy (non-hydrogen) atoms. The lowest BCUT2D eigenvalue weighted by atomic mass is 10.3. The van der Waals surface area contributed by atoms with E-state index in [1.54, 1.807) is 23.7 Å². The molecule has 3 nitrogen and oxygen atoms in total. The molecule has 4 heteroatoms. The standard InChI is InChI=1S/C11H12N2OS/c1-8(2)14-9-3-4-10(13-7-9)11-12-5-6-15-11/h3-8H,1-2H3. The van der Waals surface area contributed by atoms with E-state index in [0.717, 1.165) is 16.5 Å².